The second-order valence-corrected chi connectivity index (χ2v) is 12.5. The first-order valence-corrected chi connectivity index (χ1v) is 16.4. The van der Waals surface area contributed by atoms with Gasteiger partial charge >= 0.3 is 0 Å². The molecule has 0 radical (unpaired) electrons. The Balaban J connectivity index is 1.26. The number of benzene rings is 7. The number of fused-ring (bicyclic) bond motifs is 12. The molecule has 0 aliphatic carbocycles. The van der Waals surface area contributed by atoms with Gasteiger partial charge in [0, 0.05) is 43.6 Å². The van der Waals surface area contributed by atoms with Crippen molar-refractivity contribution >= 4 is 76.6 Å². The van der Waals surface area contributed by atoms with Gasteiger partial charge in [-0.1, -0.05) is 103 Å². The van der Waals surface area contributed by atoms with Gasteiger partial charge in [0.25, 0.3) is 0 Å². The van der Waals surface area contributed by atoms with E-state index < -0.39 is 0 Å². The Hall–Kier alpha value is -6.72. The van der Waals surface area contributed by atoms with E-state index in [-0.39, 0.29) is 0 Å². The minimum atomic E-state index is 0.605. The molecule has 11 rings (SSSR count). The molecule has 0 aliphatic rings. The highest BCUT2D eigenvalue weighted by Gasteiger charge is 2.23. The third kappa shape index (κ3) is 3.70. The fourth-order valence-corrected chi connectivity index (χ4v) is 7.66. The largest absolute Gasteiger partial charge is 0.456 e. The van der Waals surface area contributed by atoms with Gasteiger partial charge in [-0.2, -0.15) is 0 Å². The van der Waals surface area contributed by atoms with Crippen LogP contribution >= 0.6 is 0 Å². The van der Waals surface area contributed by atoms with E-state index in [0.717, 1.165) is 93.7 Å². The molecule has 0 amide bonds. The first-order valence-electron chi connectivity index (χ1n) is 16.4. The molecule has 0 fully saturated rings. The third-order valence-corrected chi connectivity index (χ3v) is 9.81. The van der Waals surface area contributed by atoms with Gasteiger partial charge in [0.05, 0.1) is 33.2 Å². The van der Waals surface area contributed by atoms with Crippen molar-refractivity contribution in [2.45, 2.75) is 0 Å². The second kappa shape index (κ2) is 9.89. The Kier molecular flexibility index (Phi) is 5.32. The van der Waals surface area contributed by atoms with Gasteiger partial charge in [-0.3, -0.25) is 0 Å². The quantitative estimate of drug-likeness (QED) is 0.196. The molecule has 228 valence electrons. The zero-order chi connectivity index (χ0) is 32.1. The molecule has 11 aromatic rings. The molecular formula is C44H25N3O2. The van der Waals surface area contributed by atoms with Gasteiger partial charge in [-0.05, 0) is 48.5 Å². The average molecular weight is 628 g/mol. The number of nitrogens with zero attached hydrogens (tertiary/aromatic N) is 3. The molecule has 5 heteroatoms. The first-order chi connectivity index (χ1) is 24.3. The smallest absolute Gasteiger partial charge is 0.164 e. The summed E-state index contributed by atoms with van der Waals surface area (Å²) in [7, 11) is 0. The van der Waals surface area contributed by atoms with E-state index in [2.05, 4.69) is 108 Å². The lowest BCUT2D eigenvalue weighted by Crippen LogP contribution is -1.96. The highest BCUT2D eigenvalue weighted by molar-refractivity contribution is 6.23. The molecule has 0 unspecified atom stereocenters. The van der Waals surface area contributed by atoms with Gasteiger partial charge in [0.2, 0.25) is 0 Å². The van der Waals surface area contributed by atoms with Crippen LogP contribution in [0.1, 0.15) is 0 Å². The lowest BCUT2D eigenvalue weighted by atomic mass is 10.0. The van der Waals surface area contributed by atoms with Crippen LogP contribution in [0, 0.1) is 0 Å². The van der Waals surface area contributed by atoms with E-state index in [0.29, 0.717) is 5.82 Å². The van der Waals surface area contributed by atoms with E-state index in [1.54, 1.807) is 0 Å². The maximum atomic E-state index is 7.02. The summed E-state index contributed by atoms with van der Waals surface area (Å²) in [6.45, 7) is 0. The summed E-state index contributed by atoms with van der Waals surface area (Å²) < 4.78 is 15.6. The molecule has 0 atom stereocenters. The van der Waals surface area contributed by atoms with Crippen molar-refractivity contribution in [1.82, 2.24) is 14.5 Å². The van der Waals surface area contributed by atoms with Crippen LogP contribution in [0.4, 0.5) is 0 Å². The number of furan rings is 2. The summed E-state index contributed by atoms with van der Waals surface area (Å²) >= 11 is 0. The highest BCUT2D eigenvalue weighted by atomic mass is 16.3. The predicted molar refractivity (Wildman–Crippen MR) is 199 cm³/mol. The number of para-hydroxylation sites is 4. The lowest BCUT2D eigenvalue weighted by molar-refractivity contribution is 0.669. The van der Waals surface area contributed by atoms with Crippen molar-refractivity contribution in [3.05, 3.63) is 152 Å². The highest BCUT2D eigenvalue weighted by Crippen LogP contribution is 2.43. The lowest BCUT2D eigenvalue weighted by Gasteiger charge is -2.10. The number of rotatable bonds is 3. The fraction of sp³-hybridized carbons (Fsp3) is 0. The van der Waals surface area contributed by atoms with Crippen molar-refractivity contribution in [1.29, 1.82) is 0 Å². The molecule has 0 spiro atoms. The summed E-state index contributed by atoms with van der Waals surface area (Å²) in [5, 5.41) is 7.40. The van der Waals surface area contributed by atoms with Gasteiger partial charge in [-0.15, -0.1) is 0 Å². The summed E-state index contributed by atoms with van der Waals surface area (Å²) in [6.07, 6.45) is 0. The van der Waals surface area contributed by atoms with Crippen LogP contribution in [-0.2, 0) is 0 Å². The maximum absolute atomic E-state index is 7.02. The van der Waals surface area contributed by atoms with Gasteiger partial charge in [0.15, 0.2) is 11.4 Å². The standard InChI is InChI=1S/C44H25N3O2/c1-3-12-26(13-4-1)39-33-24-25-37-38(32-17-8-10-21-36(32)48-37)40(33)46-44(45-39)34-19-11-18-30-31-23-22-29-28-16-7-9-20-35(28)47(27-14-5-2-6-15-27)41(29)43(31)49-42(30)34/h1-25H. The van der Waals surface area contributed by atoms with Crippen LogP contribution in [0.5, 0.6) is 0 Å². The van der Waals surface area contributed by atoms with Gasteiger partial charge in [-0.25, -0.2) is 9.97 Å². The fourth-order valence-electron chi connectivity index (χ4n) is 7.66. The monoisotopic (exact) mass is 627 g/mol. The van der Waals surface area contributed by atoms with Crippen LogP contribution in [0.15, 0.2) is 160 Å². The second-order valence-electron chi connectivity index (χ2n) is 12.5. The van der Waals surface area contributed by atoms with Crippen molar-refractivity contribution < 1.29 is 8.83 Å². The topological polar surface area (TPSA) is 57.0 Å². The average Bonchev–Trinajstić information content (AvgIpc) is 3.85. The summed E-state index contributed by atoms with van der Waals surface area (Å²) in [6, 6.07) is 52.3. The molecule has 4 aromatic heterocycles. The van der Waals surface area contributed by atoms with Gasteiger partial charge in [0.1, 0.15) is 16.7 Å². The Bertz CT molecular complexity index is 3100. The molecule has 0 N–H and O–H groups in total. The Morgan fingerprint density at radius 2 is 1.14 bits per heavy atom. The predicted octanol–water partition coefficient (Wildman–Crippen LogP) is 11.9. The van der Waals surface area contributed by atoms with Crippen LogP contribution < -0.4 is 0 Å². The van der Waals surface area contributed by atoms with Crippen LogP contribution in [0.25, 0.3) is 105 Å². The normalized spacial score (nSPS) is 12.1. The van der Waals surface area contributed by atoms with Gasteiger partial charge < -0.3 is 13.4 Å². The minimum absolute atomic E-state index is 0.605. The molecule has 0 bridgehead atoms. The van der Waals surface area contributed by atoms with Crippen molar-refractivity contribution in [3.63, 3.8) is 0 Å². The molecular weight excluding hydrogens is 603 g/mol. The number of aromatic nitrogens is 3. The minimum Gasteiger partial charge on any atom is -0.456 e. The number of hydrogen-bond acceptors (Lipinski definition) is 4. The van der Waals surface area contributed by atoms with Crippen LogP contribution in [0.2, 0.25) is 0 Å². The van der Waals surface area contributed by atoms with E-state index in [9.17, 15) is 0 Å². The summed E-state index contributed by atoms with van der Waals surface area (Å²) in [4.78, 5) is 10.6. The maximum Gasteiger partial charge on any atom is 0.164 e. The molecule has 0 aliphatic heterocycles. The summed E-state index contributed by atoms with van der Waals surface area (Å²) in [5.74, 6) is 0.605. The molecule has 5 nitrogen and oxygen atoms in total. The van der Waals surface area contributed by atoms with E-state index in [1.165, 1.54) is 5.39 Å². The molecule has 4 heterocycles. The molecule has 49 heavy (non-hydrogen) atoms. The first kappa shape index (κ1) is 26.4. The van der Waals surface area contributed by atoms with Crippen molar-refractivity contribution in [2.24, 2.45) is 0 Å². The Morgan fingerprint density at radius 1 is 0.449 bits per heavy atom. The van der Waals surface area contributed by atoms with Crippen molar-refractivity contribution in [2.75, 3.05) is 0 Å². The van der Waals surface area contributed by atoms with Crippen molar-refractivity contribution in [3.8, 4) is 28.3 Å². The number of hydrogen-bond donors (Lipinski definition) is 0. The third-order valence-electron chi connectivity index (χ3n) is 9.81. The van der Waals surface area contributed by atoms with E-state index in [4.69, 9.17) is 18.8 Å². The van der Waals surface area contributed by atoms with E-state index >= 15 is 0 Å². The molecule has 0 saturated heterocycles. The Morgan fingerprint density at radius 3 is 2.02 bits per heavy atom. The Labute approximate surface area is 279 Å². The van der Waals surface area contributed by atoms with E-state index in [1.807, 2.05) is 48.5 Å². The zero-order valence-electron chi connectivity index (χ0n) is 26.1. The zero-order valence-corrected chi connectivity index (χ0v) is 26.1. The van der Waals surface area contributed by atoms with Crippen LogP contribution in [-0.4, -0.2) is 14.5 Å². The van der Waals surface area contributed by atoms with Crippen LogP contribution in [0.3, 0.4) is 0 Å². The molecule has 7 aromatic carbocycles. The summed E-state index contributed by atoms with van der Waals surface area (Å²) in [5.41, 5.74) is 10.1. The molecule has 0 saturated carbocycles. The SMILES string of the molecule is c1ccc(-c2nc(-c3cccc4c3oc3c4ccc4c5ccccc5n(-c5ccccc5)c43)nc3c2ccc2oc4ccccc4c23)cc1.